The van der Waals surface area contributed by atoms with E-state index in [1.807, 2.05) is 33.7 Å². The van der Waals surface area contributed by atoms with Gasteiger partial charge in [0.25, 0.3) is 0 Å². The van der Waals surface area contributed by atoms with Gasteiger partial charge in [-0.15, -0.1) is 0 Å². The van der Waals surface area contributed by atoms with E-state index in [0.29, 0.717) is 26.3 Å². The van der Waals surface area contributed by atoms with Gasteiger partial charge in [-0.25, -0.2) is 4.79 Å². The summed E-state index contributed by atoms with van der Waals surface area (Å²) in [6.07, 6.45) is 3.25. The van der Waals surface area contributed by atoms with Gasteiger partial charge in [0.1, 0.15) is 0 Å². The number of benzene rings is 1. The van der Waals surface area contributed by atoms with E-state index in [4.69, 9.17) is 10.5 Å². The van der Waals surface area contributed by atoms with Gasteiger partial charge in [0, 0.05) is 32.3 Å². The summed E-state index contributed by atoms with van der Waals surface area (Å²) in [6.45, 7) is 2.67. The number of ether oxygens (including phenoxy) is 1. The SMILES string of the molecule is NC(C(=O)N1CCC(n2c(=O)[nH]c3ccccc32)CC1)C1CCOCC1. The third-order valence-corrected chi connectivity index (χ3v) is 5.82. The number of nitrogens with two attached hydrogens (primary N) is 1. The van der Waals surface area contributed by atoms with Crippen molar-refractivity contribution in [3.05, 3.63) is 34.7 Å². The Labute approximate surface area is 152 Å². The molecule has 7 nitrogen and oxygen atoms in total. The fourth-order valence-electron chi connectivity index (χ4n) is 4.27. The number of aromatic amines is 1. The molecule has 2 aromatic rings. The zero-order valence-corrected chi connectivity index (χ0v) is 14.9. The van der Waals surface area contributed by atoms with Gasteiger partial charge in [0.15, 0.2) is 0 Å². The third kappa shape index (κ3) is 3.17. The molecule has 3 N–H and O–H groups in total. The van der Waals surface area contributed by atoms with Gasteiger partial charge in [-0.3, -0.25) is 9.36 Å². The minimum absolute atomic E-state index is 0.0432. The second kappa shape index (κ2) is 7.25. The Morgan fingerprint density at radius 3 is 2.58 bits per heavy atom. The monoisotopic (exact) mass is 358 g/mol. The summed E-state index contributed by atoms with van der Waals surface area (Å²) in [5.41, 5.74) is 7.96. The molecule has 26 heavy (non-hydrogen) atoms. The lowest BCUT2D eigenvalue weighted by atomic mass is 9.91. The fraction of sp³-hybridized carbons (Fsp3) is 0.579. The Morgan fingerprint density at radius 2 is 1.85 bits per heavy atom. The summed E-state index contributed by atoms with van der Waals surface area (Å²) in [6, 6.07) is 7.41. The predicted molar refractivity (Wildman–Crippen MR) is 98.9 cm³/mol. The molecule has 1 unspecified atom stereocenters. The lowest BCUT2D eigenvalue weighted by Gasteiger charge is -2.36. The quantitative estimate of drug-likeness (QED) is 0.863. The highest BCUT2D eigenvalue weighted by atomic mass is 16.5. The molecule has 0 saturated carbocycles. The van der Waals surface area contributed by atoms with Gasteiger partial charge in [-0.2, -0.15) is 0 Å². The van der Waals surface area contributed by atoms with Crippen molar-refractivity contribution in [2.24, 2.45) is 11.7 Å². The number of aromatic nitrogens is 2. The highest BCUT2D eigenvalue weighted by Gasteiger charge is 2.32. The Balaban J connectivity index is 1.43. The number of imidazole rings is 1. The first-order valence-corrected chi connectivity index (χ1v) is 9.46. The highest BCUT2D eigenvalue weighted by Crippen LogP contribution is 2.26. The topological polar surface area (TPSA) is 93.4 Å². The van der Waals surface area contributed by atoms with Crippen LogP contribution in [-0.2, 0) is 9.53 Å². The van der Waals surface area contributed by atoms with Crippen molar-refractivity contribution >= 4 is 16.9 Å². The molecule has 2 aliphatic heterocycles. The summed E-state index contributed by atoms with van der Waals surface area (Å²) in [7, 11) is 0. The van der Waals surface area contributed by atoms with Crippen molar-refractivity contribution < 1.29 is 9.53 Å². The minimum atomic E-state index is -0.439. The molecule has 2 saturated heterocycles. The molecule has 2 fully saturated rings. The number of H-pyrrole nitrogens is 1. The number of carbonyl (C=O) groups is 1. The van der Waals surface area contributed by atoms with Crippen LogP contribution in [-0.4, -0.2) is 52.7 Å². The summed E-state index contributed by atoms with van der Waals surface area (Å²) >= 11 is 0. The van der Waals surface area contributed by atoms with Crippen LogP contribution in [0, 0.1) is 5.92 Å². The summed E-state index contributed by atoms with van der Waals surface area (Å²) in [4.78, 5) is 29.9. The maximum absolute atomic E-state index is 12.8. The van der Waals surface area contributed by atoms with Crippen molar-refractivity contribution in [1.29, 1.82) is 0 Å². The molecule has 1 aromatic heterocycles. The molecule has 0 aliphatic carbocycles. The first-order chi connectivity index (χ1) is 12.6. The van der Waals surface area contributed by atoms with E-state index in [1.165, 1.54) is 0 Å². The molecule has 4 rings (SSSR count). The van der Waals surface area contributed by atoms with E-state index in [2.05, 4.69) is 4.98 Å². The van der Waals surface area contributed by atoms with Crippen LogP contribution in [0.1, 0.15) is 31.7 Å². The van der Waals surface area contributed by atoms with Crippen LogP contribution in [0.3, 0.4) is 0 Å². The minimum Gasteiger partial charge on any atom is -0.381 e. The zero-order valence-electron chi connectivity index (χ0n) is 14.9. The number of nitrogens with one attached hydrogen (secondary N) is 1. The van der Waals surface area contributed by atoms with Crippen molar-refractivity contribution in [2.45, 2.75) is 37.8 Å². The van der Waals surface area contributed by atoms with Gasteiger partial charge >= 0.3 is 5.69 Å². The molecule has 3 heterocycles. The second-order valence-electron chi connectivity index (χ2n) is 7.35. The standard InChI is InChI=1S/C19H26N4O3/c20-17(13-7-11-26-12-8-13)18(24)22-9-5-14(6-10-22)23-16-4-2-1-3-15(16)21-19(23)25/h1-4,13-14,17H,5-12,20H2,(H,21,25). The average Bonchev–Trinajstić information content (AvgIpc) is 3.03. The second-order valence-corrected chi connectivity index (χ2v) is 7.35. The van der Waals surface area contributed by atoms with Crippen LogP contribution >= 0.6 is 0 Å². The van der Waals surface area contributed by atoms with Crippen LogP contribution in [0.15, 0.2) is 29.1 Å². The van der Waals surface area contributed by atoms with E-state index >= 15 is 0 Å². The van der Waals surface area contributed by atoms with Crippen LogP contribution in [0.4, 0.5) is 0 Å². The smallest absolute Gasteiger partial charge is 0.326 e. The fourth-order valence-corrected chi connectivity index (χ4v) is 4.27. The molecule has 7 heteroatoms. The van der Waals surface area contributed by atoms with Gasteiger partial charge in [-0.1, -0.05) is 12.1 Å². The number of amides is 1. The van der Waals surface area contributed by atoms with E-state index in [-0.39, 0.29) is 23.6 Å². The Kier molecular flexibility index (Phi) is 4.82. The molecule has 1 amide bonds. The molecule has 0 radical (unpaired) electrons. The van der Waals surface area contributed by atoms with E-state index in [0.717, 1.165) is 36.7 Å². The molecule has 1 atom stereocenters. The van der Waals surface area contributed by atoms with E-state index in [1.54, 1.807) is 0 Å². The number of likely N-dealkylation sites (tertiary alicyclic amines) is 1. The normalized spacial score (nSPS) is 21.2. The third-order valence-electron chi connectivity index (χ3n) is 5.82. The zero-order chi connectivity index (χ0) is 18.1. The van der Waals surface area contributed by atoms with Crippen LogP contribution < -0.4 is 11.4 Å². The predicted octanol–water partition coefficient (Wildman–Crippen LogP) is 1.25. The number of fused-ring (bicyclic) bond motifs is 1. The molecular weight excluding hydrogens is 332 g/mol. The van der Waals surface area contributed by atoms with E-state index in [9.17, 15) is 9.59 Å². The van der Waals surface area contributed by atoms with Gasteiger partial charge in [0.05, 0.1) is 17.1 Å². The largest absolute Gasteiger partial charge is 0.381 e. The molecule has 1 aromatic carbocycles. The number of carbonyl (C=O) groups excluding carboxylic acids is 1. The van der Waals surface area contributed by atoms with Crippen molar-refractivity contribution in [1.82, 2.24) is 14.5 Å². The molecule has 2 aliphatic rings. The maximum Gasteiger partial charge on any atom is 0.326 e. The maximum atomic E-state index is 12.8. The molecule has 0 spiro atoms. The number of rotatable bonds is 3. The lowest BCUT2D eigenvalue weighted by Crippen LogP contribution is -2.51. The van der Waals surface area contributed by atoms with Gasteiger partial charge < -0.3 is 20.4 Å². The van der Waals surface area contributed by atoms with E-state index < -0.39 is 6.04 Å². The number of piperidine rings is 1. The first kappa shape index (κ1) is 17.3. The van der Waals surface area contributed by atoms with Crippen LogP contribution in [0.25, 0.3) is 11.0 Å². The number of hydrogen-bond acceptors (Lipinski definition) is 4. The van der Waals surface area contributed by atoms with Crippen LogP contribution in [0.5, 0.6) is 0 Å². The molecular formula is C19H26N4O3. The Morgan fingerprint density at radius 1 is 1.15 bits per heavy atom. The summed E-state index contributed by atoms with van der Waals surface area (Å²) in [5.74, 6) is 0.256. The molecule has 0 bridgehead atoms. The number of para-hydroxylation sites is 2. The van der Waals surface area contributed by atoms with Crippen LogP contribution in [0.2, 0.25) is 0 Å². The Hall–Kier alpha value is -2.12. The Bertz CT molecular complexity index is 829. The lowest BCUT2D eigenvalue weighted by molar-refractivity contribution is -0.136. The summed E-state index contributed by atoms with van der Waals surface area (Å²) < 4.78 is 7.20. The summed E-state index contributed by atoms with van der Waals surface area (Å²) in [5, 5.41) is 0. The first-order valence-electron chi connectivity index (χ1n) is 9.46. The average molecular weight is 358 g/mol. The van der Waals surface area contributed by atoms with Crippen molar-refractivity contribution in [3.8, 4) is 0 Å². The number of hydrogen-bond donors (Lipinski definition) is 2. The van der Waals surface area contributed by atoms with Crippen molar-refractivity contribution in [3.63, 3.8) is 0 Å². The van der Waals surface area contributed by atoms with Gasteiger partial charge in [0.2, 0.25) is 5.91 Å². The van der Waals surface area contributed by atoms with Crippen molar-refractivity contribution in [2.75, 3.05) is 26.3 Å². The highest BCUT2D eigenvalue weighted by molar-refractivity contribution is 5.82. The number of nitrogens with zero attached hydrogens (tertiary/aromatic N) is 2. The molecule has 140 valence electrons. The van der Waals surface area contributed by atoms with Gasteiger partial charge in [-0.05, 0) is 43.7 Å².